The number of rotatable bonds is 26. The van der Waals surface area contributed by atoms with Gasteiger partial charge in [0.25, 0.3) is 0 Å². The van der Waals surface area contributed by atoms with Crippen LogP contribution in [-0.2, 0) is 0 Å². The molecule has 0 aliphatic rings. The second-order valence-electron chi connectivity index (χ2n) is 15.8. The number of hydrogen-bond acceptors (Lipinski definition) is 9. The number of aliphatic imine (C=N–C) groups is 2. The normalized spacial score (nSPS) is 11.2. The van der Waals surface area contributed by atoms with Gasteiger partial charge in [-0.1, -0.05) is 78.1 Å². The minimum Gasteiger partial charge on any atom is -0.494 e. The third-order valence-electron chi connectivity index (χ3n) is 10.5. The molecular formula is C56H60N2O7. The van der Waals surface area contributed by atoms with Crippen LogP contribution in [0, 0.1) is 0 Å². The molecule has 0 heterocycles. The number of ether oxygens (including phenoxy) is 5. The maximum Gasteiger partial charge on any atom is 0.343 e. The Balaban J connectivity index is 0.885. The van der Waals surface area contributed by atoms with E-state index in [0.29, 0.717) is 47.3 Å². The number of carbonyl (C=O) groups excluding carboxylic acids is 2. The fourth-order valence-electron chi connectivity index (χ4n) is 6.73. The summed E-state index contributed by atoms with van der Waals surface area (Å²) in [5, 5.41) is 0. The van der Waals surface area contributed by atoms with Crippen molar-refractivity contribution in [1.29, 1.82) is 0 Å². The Morgan fingerprint density at radius 3 is 1.08 bits per heavy atom. The average molecular weight is 873 g/mol. The molecule has 0 amide bonds. The largest absolute Gasteiger partial charge is 0.494 e. The van der Waals surface area contributed by atoms with E-state index in [0.717, 1.165) is 46.8 Å². The van der Waals surface area contributed by atoms with Gasteiger partial charge in [-0.2, -0.15) is 0 Å². The highest BCUT2D eigenvalue weighted by atomic mass is 16.5. The van der Waals surface area contributed by atoms with Gasteiger partial charge < -0.3 is 23.7 Å². The summed E-state index contributed by atoms with van der Waals surface area (Å²) in [6.45, 7) is 5.79. The summed E-state index contributed by atoms with van der Waals surface area (Å²) in [6, 6.07) is 43.5. The third kappa shape index (κ3) is 16.9. The SMILES string of the molecule is CCCCCCCCOc1ccc(C(=O)Oc2ccc(C=Nc3ccc(Oc4ccc(N=Cc5ccc(OC(=O)c6ccc(OCCCCCCCC)cc6)cc5)cc4)cc3)cc2)cc1. The first-order valence-corrected chi connectivity index (χ1v) is 23.0. The molecule has 9 nitrogen and oxygen atoms in total. The van der Waals surface area contributed by atoms with Crippen molar-refractivity contribution < 1.29 is 33.3 Å². The molecule has 0 unspecified atom stereocenters. The zero-order chi connectivity index (χ0) is 45.3. The Morgan fingerprint density at radius 1 is 0.385 bits per heavy atom. The van der Waals surface area contributed by atoms with Crippen LogP contribution in [0.15, 0.2) is 156 Å². The van der Waals surface area contributed by atoms with Crippen molar-refractivity contribution in [3.63, 3.8) is 0 Å². The highest BCUT2D eigenvalue weighted by Gasteiger charge is 2.11. The lowest BCUT2D eigenvalue weighted by molar-refractivity contribution is 0.0725. The first kappa shape index (κ1) is 47.5. The highest BCUT2D eigenvalue weighted by molar-refractivity contribution is 5.92. The van der Waals surface area contributed by atoms with E-state index in [9.17, 15) is 9.59 Å². The predicted molar refractivity (Wildman–Crippen MR) is 261 cm³/mol. The van der Waals surface area contributed by atoms with Crippen molar-refractivity contribution >= 4 is 35.7 Å². The highest BCUT2D eigenvalue weighted by Crippen LogP contribution is 2.27. The van der Waals surface area contributed by atoms with Gasteiger partial charge in [-0.15, -0.1) is 0 Å². The number of hydrogen-bond donors (Lipinski definition) is 0. The van der Waals surface area contributed by atoms with Crippen molar-refractivity contribution in [2.75, 3.05) is 13.2 Å². The first-order chi connectivity index (χ1) is 31.9. The van der Waals surface area contributed by atoms with Gasteiger partial charge in [-0.25, -0.2) is 9.59 Å². The van der Waals surface area contributed by atoms with Gasteiger partial charge in [0.1, 0.15) is 34.5 Å². The standard InChI is InChI=1S/C56H60N2O7/c1-3-5-7-9-11-13-39-61-49-31-19-45(20-32-49)55(59)64-53-27-15-43(16-28-53)41-57-47-23-35-51(36-24-47)63-52-37-25-48(26-38-52)58-42-44-17-29-54(30-18-44)65-56(60)46-21-33-50(34-22-46)62-40-14-12-10-8-6-4-2/h15-38,41-42H,3-14,39-40H2,1-2H3. The van der Waals surface area contributed by atoms with Crippen molar-refractivity contribution in [2.45, 2.75) is 90.9 Å². The molecule has 0 aliphatic carbocycles. The Labute approximate surface area is 384 Å². The van der Waals surface area contributed by atoms with Gasteiger partial charge in [0.05, 0.1) is 35.7 Å². The molecule has 6 aromatic carbocycles. The number of benzene rings is 6. The molecule has 65 heavy (non-hydrogen) atoms. The minimum absolute atomic E-state index is 0.427. The van der Waals surface area contributed by atoms with Crippen molar-refractivity contribution in [3.8, 4) is 34.5 Å². The molecule has 0 saturated carbocycles. The summed E-state index contributed by atoms with van der Waals surface area (Å²) in [5.41, 5.74) is 4.16. The smallest absolute Gasteiger partial charge is 0.343 e. The molecule has 0 saturated heterocycles. The molecule has 0 aliphatic heterocycles. The summed E-state index contributed by atoms with van der Waals surface area (Å²) in [7, 11) is 0. The predicted octanol–water partition coefficient (Wildman–Crippen LogP) is 14.9. The molecule has 0 N–H and O–H groups in total. The maximum atomic E-state index is 12.7. The summed E-state index contributed by atoms with van der Waals surface area (Å²) >= 11 is 0. The van der Waals surface area contributed by atoms with E-state index < -0.39 is 11.9 Å². The molecule has 0 atom stereocenters. The molecule has 9 heteroatoms. The number of carbonyl (C=O) groups is 2. The van der Waals surface area contributed by atoms with Crippen LogP contribution in [-0.4, -0.2) is 37.6 Å². The van der Waals surface area contributed by atoms with Crippen molar-refractivity contribution in [3.05, 3.63) is 168 Å². The second-order valence-corrected chi connectivity index (χ2v) is 15.8. The van der Waals surface area contributed by atoms with E-state index in [1.165, 1.54) is 64.2 Å². The number of nitrogens with zero attached hydrogens (tertiary/aromatic N) is 2. The van der Waals surface area contributed by atoms with Crippen LogP contribution in [0.2, 0.25) is 0 Å². The lowest BCUT2D eigenvalue weighted by atomic mass is 10.1. The third-order valence-corrected chi connectivity index (χ3v) is 10.5. The quantitative estimate of drug-likeness (QED) is 0.0231. The van der Waals surface area contributed by atoms with E-state index in [-0.39, 0.29) is 0 Å². The van der Waals surface area contributed by atoms with Crippen LogP contribution in [0.25, 0.3) is 0 Å². The lowest BCUT2D eigenvalue weighted by Gasteiger charge is -2.08. The van der Waals surface area contributed by atoms with Crippen molar-refractivity contribution in [1.82, 2.24) is 0 Å². The van der Waals surface area contributed by atoms with Gasteiger partial charge in [0.15, 0.2) is 0 Å². The molecule has 6 aromatic rings. The van der Waals surface area contributed by atoms with Gasteiger partial charge >= 0.3 is 11.9 Å². The van der Waals surface area contributed by atoms with Crippen LogP contribution >= 0.6 is 0 Å². The Bertz CT molecular complexity index is 2200. The molecule has 0 radical (unpaired) electrons. The number of unbranched alkanes of at least 4 members (excludes halogenated alkanes) is 10. The summed E-state index contributed by atoms with van der Waals surface area (Å²) < 4.78 is 28.9. The molecule has 0 fully saturated rings. The van der Waals surface area contributed by atoms with E-state index in [2.05, 4.69) is 23.8 Å². The second kappa shape index (κ2) is 26.6. The molecule has 336 valence electrons. The molecule has 0 spiro atoms. The summed E-state index contributed by atoms with van der Waals surface area (Å²) in [4.78, 5) is 34.6. The monoisotopic (exact) mass is 872 g/mol. The van der Waals surface area contributed by atoms with Gasteiger partial charge in [0.2, 0.25) is 0 Å². The topological polar surface area (TPSA) is 105 Å². The van der Waals surface area contributed by atoms with Crippen LogP contribution < -0.4 is 23.7 Å². The van der Waals surface area contributed by atoms with Crippen LogP contribution in [0.1, 0.15) is 123 Å². The van der Waals surface area contributed by atoms with Crippen LogP contribution in [0.5, 0.6) is 34.5 Å². The molecule has 0 aromatic heterocycles. The van der Waals surface area contributed by atoms with Gasteiger partial charge in [0, 0.05) is 12.4 Å². The minimum atomic E-state index is -0.427. The summed E-state index contributed by atoms with van der Waals surface area (Å²) in [6.07, 6.45) is 18.0. The average Bonchev–Trinajstić information content (AvgIpc) is 3.34. The lowest BCUT2D eigenvalue weighted by Crippen LogP contribution is -2.08. The van der Waals surface area contributed by atoms with E-state index in [1.807, 2.05) is 97.1 Å². The van der Waals surface area contributed by atoms with Gasteiger partial charge in [-0.05, 0) is 170 Å². The number of esters is 2. The van der Waals surface area contributed by atoms with Crippen molar-refractivity contribution in [2.24, 2.45) is 9.98 Å². The van der Waals surface area contributed by atoms with Crippen LogP contribution in [0.3, 0.4) is 0 Å². The zero-order valence-electron chi connectivity index (χ0n) is 37.7. The Morgan fingerprint density at radius 2 is 0.708 bits per heavy atom. The van der Waals surface area contributed by atoms with E-state index in [4.69, 9.17) is 23.7 Å². The zero-order valence-corrected chi connectivity index (χ0v) is 37.7. The van der Waals surface area contributed by atoms with Crippen LogP contribution in [0.4, 0.5) is 11.4 Å². The van der Waals surface area contributed by atoms with E-state index >= 15 is 0 Å². The fourth-order valence-corrected chi connectivity index (χ4v) is 6.73. The molecular weight excluding hydrogens is 813 g/mol. The fraction of sp³-hybridized carbons (Fsp3) is 0.286. The van der Waals surface area contributed by atoms with Gasteiger partial charge in [-0.3, -0.25) is 9.98 Å². The van der Waals surface area contributed by atoms with E-state index in [1.54, 1.807) is 61.0 Å². The Hall–Kier alpha value is -7.00. The summed E-state index contributed by atoms with van der Waals surface area (Å²) in [5.74, 6) is 2.89. The molecule has 0 bridgehead atoms. The first-order valence-electron chi connectivity index (χ1n) is 23.0. The maximum absolute atomic E-state index is 12.7. The Kier molecular flexibility index (Phi) is 19.4. The molecule has 6 rings (SSSR count).